The van der Waals surface area contributed by atoms with Crippen molar-refractivity contribution in [3.8, 4) is 11.3 Å². The predicted molar refractivity (Wildman–Crippen MR) is 120 cm³/mol. The van der Waals surface area contributed by atoms with Crippen molar-refractivity contribution in [1.82, 2.24) is 9.88 Å². The van der Waals surface area contributed by atoms with Crippen molar-refractivity contribution in [1.29, 1.82) is 0 Å². The van der Waals surface area contributed by atoms with Crippen molar-refractivity contribution in [2.45, 2.75) is 31.5 Å². The van der Waals surface area contributed by atoms with Gasteiger partial charge < -0.3 is 9.32 Å². The molecule has 3 aromatic rings. The molecule has 2 aliphatic heterocycles. The first-order valence-corrected chi connectivity index (χ1v) is 11.3. The van der Waals surface area contributed by atoms with Crippen LogP contribution >= 0.6 is 35.0 Å². The van der Waals surface area contributed by atoms with Crippen LogP contribution in [0, 0.1) is 0 Å². The SMILES string of the molecule is CC[C@@H]1CSC2=N[C@H](c3ccccn3)[C@H](c3ccc(-c4ccc(Cl)cc4Cl)o3)N21. The number of amidine groups is 1. The third-order valence-electron chi connectivity index (χ3n) is 5.44. The van der Waals surface area contributed by atoms with Gasteiger partial charge in [0.2, 0.25) is 0 Å². The second kappa shape index (κ2) is 7.71. The Morgan fingerprint density at radius 3 is 2.83 bits per heavy atom. The summed E-state index contributed by atoms with van der Waals surface area (Å²) in [7, 11) is 0. The standard InChI is InChI=1S/C22H19Cl2N3OS/c1-2-14-12-29-22-26-20(17-5-3-4-10-25-17)21(27(14)22)19-9-8-18(28-19)15-7-6-13(23)11-16(15)24/h3-11,14,20-21H,2,12H2,1H3/t14-,20-,21+/m1/s1. The minimum atomic E-state index is -0.0901. The Morgan fingerprint density at radius 2 is 2.07 bits per heavy atom. The molecule has 29 heavy (non-hydrogen) atoms. The zero-order valence-corrected chi connectivity index (χ0v) is 18.1. The fourth-order valence-corrected chi connectivity index (χ4v) is 5.84. The van der Waals surface area contributed by atoms with Crippen LogP contribution in [-0.4, -0.2) is 26.8 Å². The molecule has 0 radical (unpaired) electrons. The number of halogens is 2. The fraction of sp³-hybridized carbons (Fsp3) is 0.273. The third-order valence-corrected chi connectivity index (χ3v) is 7.12. The Kier molecular flexibility index (Phi) is 5.06. The smallest absolute Gasteiger partial charge is 0.161 e. The lowest BCUT2D eigenvalue weighted by molar-refractivity contribution is 0.226. The highest BCUT2D eigenvalue weighted by Gasteiger charge is 2.46. The van der Waals surface area contributed by atoms with Crippen molar-refractivity contribution in [3.05, 3.63) is 76.2 Å². The van der Waals surface area contributed by atoms with Crippen LogP contribution in [0.2, 0.25) is 10.0 Å². The zero-order valence-electron chi connectivity index (χ0n) is 15.8. The molecule has 4 heterocycles. The lowest BCUT2D eigenvalue weighted by atomic mass is 10.0. The highest BCUT2D eigenvalue weighted by atomic mass is 35.5. The van der Waals surface area contributed by atoms with E-state index in [1.54, 1.807) is 6.07 Å². The molecule has 3 atom stereocenters. The zero-order chi connectivity index (χ0) is 20.0. The number of aromatic nitrogens is 1. The average molecular weight is 444 g/mol. The number of hydrogen-bond donors (Lipinski definition) is 0. The first kappa shape index (κ1) is 19.0. The van der Waals surface area contributed by atoms with Crippen LogP contribution in [0.3, 0.4) is 0 Å². The molecule has 0 aliphatic carbocycles. The topological polar surface area (TPSA) is 41.6 Å². The van der Waals surface area contributed by atoms with E-state index < -0.39 is 0 Å². The van der Waals surface area contributed by atoms with Crippen LogP contribution in [-0.2, 0) is 0 Å². The molecule has 1 saturated heterocycles. The van der Waals surface area contributed by atoms with Gasteiger partial charge in [0.15, 0.2) is 5.17 Å². The monoisotopic (exact) mass is 443 g/mol. The number of fused-ring (bicyclic) bond motifs is 1. The fourth-order valence-electron chi connectivity index (χ4n) is 4.01. The maximum absolute atomic E-state index is 6.40. The Labute approximate surface area is 183 Å². The Bertz CT molecular complexity index is 1070. The van der Waals surface area contributed by atoms with E-state index in [9.17, 15) is 0 Å². The molecule has 0 N–H and O–H groups in total. The molecule has 0 unspecified atom stereocenters. The average Bonchev–Trinajstić information content (AvgIpc) is 3.43. The number of aliphatic imine (C=N–C) groups is 1. The summed E-state index contributed by atoms with van der Waals surface area (Å²) >= 11 is 14.3. The van der Waals surface area contributed by atoms with Crippen LogP contribution in [0.5, 0.6) is 0 Å². The van der Waals surface area contributed by atoms with Gasteiger partial charge in [-0.05, 0) is 48.9 Å². The molecule has 1 aromatic carbocycles. The van der Waals surface area contributed by atoms with Crippen LogP contribution in [0.25, 0.3) is 11.3 Å². The van der Waals surface area contributed by atoms with Crippen LogP contribution in [0.1, 0.15) is 36.9 Å². The number of nitrogens with zero attached hydrogens (tertiary/aromatic N) is 3. The maximum Gasteiger partial charge on any atom is 0.161 e. The largest absolute Gasteiger partial charge is 0.459 e. The number of thioether (sulfide) groups is 1. The van der Waals surface area contributed by atoms with E-state index in [-0.39, 0.29) is 12.1 Å². The number of hydrogen-bond acceptors (Lipinski definition) is 5. The van der Waals surface area contributed by atoms with Gasteiger partial charge in [0.25, 0.3) is 0 Å². The van der Waals surface area contributed by atoms with E-state index in [0.29, 0.717) is 16.1 Å². The van der Waals surface area contributed by atoms with Gasteiger partial charge >= 0.3 is 0 Å². The van der Waals surface area contributed by atoms with E-state index in [4.69, 9.17) is 32.6 Å². The van der Waals surface area contributed by atoms with E-state index in [2.05, 4.69) is 16.8 Å². The molecule has 0 spiro atoms. The summed E-state index contributed by atoms with van der Waals surface area (Å²) < 4.78 is 6.35. The summed E-state index contributed by atoms with van der Waals surface area (Å²) in [5, 5.41) is 2.26. The van der Waals surface area contributed by atoms with Gasteiger partial charge in [-0.25, -0.2) is 4.99 Å². The third kappa shape index (κ3) is 3.35. The number of rotatable bonds is 4. The van der Waals surface area contributed by atoms with E-state index >= 15 is 0 Å². The quantitative estimate of drug-likeness (QED) is 0.453. The summed E-state index contributed by atoms with van der Waals surface area (Å²) in [6.07, 6.45) is 2.88. The van der Waals surface area contributed by atoms with Crippen molar-refractivity contribution in [2.24, 2.45) is 4.99 Å². The maximum atomic E-state index is 6.40. The molecule has 7 heteroatoms. The Hall–Kier alpha value is -1.95. The van der Waals surface area contributed by atoms with E-state index in [0.717, 1.165) is 40.1 Å². The van der Waals surface area contributed by atoms with Gasteiger partial charge in [0.1, 0.15) is 23.6 Å². The van der Waals surface area contributed by atoms with Gasteiger partial charge in [-0.1, -0.05) is 48.0 Å². The summed E-state index contributed by atoms with van der Waals surface area (Å²) in [6, 6.07) is 15.8. The van der Waals surface area contributed by atoms with E-state index in [1.165, 1.54) is 0 Å². The molecular formula is C22H19Cl2N3OS. The molecule has 4 nitrogen and oxygen atoms in total. The molecule has 2 aromatic heterocycles. The molecule has 5 rings (SSSR count). The van der Waals surface area contributed by atoms with Crippen molar-refractivity contribution in [2.75, 3.05) is 5.75 Å². The molecule has 0 bridgehead atoms. The van der Waals surface area contributed by atoms with Crippen molar-refractivity contribution in [3.63, 3.8) is 0 Å². The number of benzene rings is 1. The second-order valence-corrected chi connectivity index (χ2v) is 8.99. The van der Waals surface area contributed by atoms with Gasteiger partial charge in [-0.2, -0.15) is 0 Å². The molecule has 1 fully saturated rings. The van der Waals surface area contributed by atoms with Crippen molar-refractivity contribution >= 4 is 40.1 Å². The summed E-state index contributed by atoms with van der Waals surface area (Å²) in [5.74, 6) is 2.66. The molecular weight excluding hydrogens is 425 g/mol. The van der Waals surface area contributed by atoms with Gasteiger partial charge in [-0.15, -0.1) is 0 Å². The minimum Gasteiger partial charge on any atom is -0.459 e. The van der Waals surface area contributed by atoms with Crippen LogP contribution in [0.4, 0.5) is 0 Å². The minimum absolute atomic E-state index is 0.0142. The normalized spacial score (nSPS) is 23.3. The first-order valence-electron chi connectivity index (χ1n) is 9.60. The summed E-state index contributed by atoms with van der Waals surface area (Å²) in [6.45, 7) is 2.22. The molecule has 0 amide bonds. The molecule has 0 saturated carbocycles. The van der Waals surface area contributed by atoms with Gasteiger partial charge in [0, 0.05) is 28.6 Å². The predicted octanol–water partition coefficient (Wildman–Crippen LogP) is 6.63. The number of pyridine rings is 1. The molecule has 2 aliphatic rings. The second-order valence-electron chi connectivity index (χ2n) is 7.16. The Balaban J connectivity index is 1.56. The van der Waals surface area contributed by atoms with Gasteiger partial charge in [0.05, 0.1) is 10.7 Å². The lowest BCUT2D eigenvalue weighted by Crippen LogP contribution is -2.35. The highest BCUT2D eigenvalue weighted by molar-refractivity contribution is 8.14. The van der Waals surface area contributed by atoms with Crippen LogP contribution < -0.4 is 0 Å². The lowest BCUT2D eigenvalue weighted by Gasteiger charge is -2.30. The Morgan fingerprint density at radius 1 is 1.17 bits per heavy atom. The number of furan rings is 1. The van der Waals surface area contributed by atoms with E-state index in [1.807, 2.05) is 60.4 Å². The summed E-state index contributed by atoms with van der Waals surface area (Å²) in [4.78, 5) is 12.0. The molecule has 148 valence electrons. The van der Waals surface area contributed by atoms with Crippen LogP contribution in [0.15, 0.2) is 64.1 Å². The first-order chi connectivity index (χ1) is 14.2. The van der Waals surface area contributed by atoms with Crippen molar-refractivity contribution < 1.29 is 4.42 Å². The van der Waals surface area contributed by atoms with Gasteiger partial charge in [-0.3, -0.25) is 4.98 Å². The highest BCUT2D eigenvalue weighted by Crippen LogP contribution is 2.49. The summed E-state index contributed by atoms with van der Waals surface area (Å²) in [5.41, 5.74) is 1.79.